The highest BCUT2D eigenvalue weighted by molar-refractivity contribution is 5.69. The number of morpholine rings is 1. The van der Waals surface area contributed by atoms with E-state index in [-0.39, 0.29) is 12.3 Å². The number of rotatable bonds is 4. The number of aromatic nitrogens is 2. The normalized spacial score (nSPS) is 17.6. The van der Waals surface area contributed by atoms with Crippen LogP contribution < -0.4 is 10.6 Å². The van der Waals surface area contributed by atoms with E-state index in [1.807, 2.05) is 4.90 Å². The van der Waals surface area contributed by atoms with Gasteiger partial charge >= 0.3 is 5.97 Å². The van der Waals surface area contributed by atoms with E-state index in [0.717, 1.165) is 0 Å². The van der Waals surface area contributed by atoms with Gasteiger partial charge in [0, 0.05) is 13.1 Å². The molecular formula is C10H16N4O4. The molecule has 8 heteroatoms. The molecule has 2 heterocycles. The molecule has 1 aliphatic heterocycles. The Hall–Kier alpha value is -1.67. The van der Waals surface area contributed by atoms with Crippen molar-refractivity contribution in [1.82, 2.24) is 10.1 Å². The SMILES string of the molecule is COC(=O)C[C@H](N)c1nc(N2CCOCC2)no1. The molecule has 8 nitrogen and oxygen atoms in total. The Morgan fingerprint density at radius 1 is 1.56 bits per heavy atom. The molecular weight excluding hydrogens is 240 g/mol. The minimum Gasteiger partial charge on any atom is -0.469 e. The number of methoxy groups -OCH3 is 1. The molecule has 0 amide bonds. The van der Waals surface area contributed by atoms with E-state index in [1.165, 1.54) is 7.11 Å². The standard InChI is InChI=1S/C10H16N4O4/c1-16-8(15)6-7(11)9-12-10(13-18-9)14-2-4-17-5-3-14/h7H,2-6,11H2,1H3/t7-/m0/s1. The van der Waals surface area contributed by atoms with Crippen LogP contribution in [0.4, 0.5) is 5.95 Å². The van der Waals surface area contributed by atoms with Crippen molar-refractivity contribution in [3.05, 3.63) is 5.89 Å². The minimum atomic E-state index is -0.639. The van der Waals surface area contributed by atoms with Crippen molar-refractivity contribution in [3.8, 4) is 0 Å². The van der Waals surface area contributed by atoms with Crippen molar-refractivity contribution in [1.29, 1.82) is 0 Å². The van der Waals surface area contributed by atoms with Gasteiger partial charge in [-0.1, -0.05) is 0 Å². The van der Waals surface area contributed by atoms with Crippen molar-refractivity contribution < 1.29 is 18.8 Å². The second kappa shape index (κ2) is 5.78. The fraction of sp³-hybridized carbons (Fsp3) is 0.700. The first-order chi connectivity index (χ1) is 8.70. The number of carbonyl (C=O) groups excluding carboxylic acids is 1. The van der Waals surface area contributed by atoms with Crippen LogP contribution in [0.5, 0.6) is 0 Å². The zero-order chi connectivity index (χ0) is 13.0. The van der Waals surface area contributed by atoms with Gasteiger partial charge in [0.2, 0.25) is 5.89 Å². The molecule has 2 N–H and O–H groups in total. The van der Waals surface area contributed by atoms with Crippen LogP contribution in [0.25, 0.3) is 0 Å². The molecule has 18 heavy (non-hydrogen) atoms. The van der Waals surface area contributed by atoms with Crippen molar-refractivity contribution in [2.45, 2.75) is 12.5 Å². The average Bonchev–Trinajstić information content (AvgIpc) is 2.89. The zero-order valence-electron chi connectivity index (χ0n) is 10.2. The number of hydrogen-bond donors (Lipinski definition) is 1. The van der Waals surface area contributed by atoms with Crippen LogP contribution >= 0.6 is 0 Å². The first kappa shape index (κ1) is 12.8. The fourth-order valence-electron chi connectivity index (χ4n) is 1.62. The summed E-state index contributed by atoms with van der Waals surface area (Å²) in [5, 5.41) is 3.85. The van der Waals surface area contributed by atoms with Gasteiger partial charge in [-0.2, -0.15) is 4.98 Å². The summed E-state index contributed by atoms with van der Waals surface area (Å²) in [6, 6.07) is -0.639. The Labute approximate surface area is 104 Å². The number of nitrogens with zero attached hydrogens (tertiary/aromatic N) is 3. The lowest BCUT2D eigenvalue weighted by molar-refractivity contribution is -0.141. The fourth-order valence-corrected chi connectivity index (χ4v) is 1.62. The van der Waals surface area contributed by atoms with E-state index in [0.29, 0.717) is 32.3 Å². The van der Waals surface area contributed by atoms with Crippen molar-refractivity contribution in [3.63, 3.8) is 0 Å². The summed E-state index contributed by atoms with van der Waals surface area (Å²) in [6.45, 7) is 2.70. The van der Waals surface area contributed by atoms with Crippen LogP contribution in [0.15, 0.2) is 4.52 Å². The minimum absolute atomic E-state index is 0.0151. The third-order valence-corrected chi connectivity index (χ3v) is 2.66. The number of ether oxygens (including phenoxy) is 2. The van der Waals surface area contributed by atoms with Crippen LogP contribution in [0, 0.1) is 0 Å². The van der Waals surface area contributed by atoms with Crippen LogP contribution in [0.2, 0.25) is 0 Å². The number of carbonyl (C=O) groups is 1. The molecule has 1 atom stereocenters. The molecule has 1 aliphatic rings. The summed E-state index contributed by atoms with van der Waals surface area (Å²) >= 11 is 0. The second-order valence-electron chi connectivity index (χ2n) is 3.92. The Morgan fingerprint density at radius 2 is 2.28 bits per heavy atom. The highest BCUT2D eigenvalue weighted by Gasteiger charge is 2.22. The van der Waals surface area contributed by atoms with Gasteiger partial charge in [-0.05, 0) is 5.16 Å². The molecule has 0 aromatic carbocycles. The summed E-state index contributed by atoms with van der Waals surface area (Å²) in [5.74, 6) is 0.309. The summed E-state index contributed by atoms with van der Waals surface area (Å²) in [4.78, 5) is 17.2. The second-order valence-corrected chi connectivity index (χ2v) is 3.92. The van der Waals surface area contributed by atoms with Crippen molar-refractivity contribution in [2.24, 2.45) is 5.73 Å². The van der Waals surface area contributed by atoms with Crippen LogP contribution in [-0.2, 0) is 14.3 Å². The maximum Gasteiger partial charge on any atom is 0.307 e. The number of anilines is 1. The van der Waals surface area contributed by atoms with Gasteiger partial charge in [-0.15, -0.1) is 0 Å². The van der Waals surface area contributed by atoms with E-state index in [4.69, 9.17) is 15.0 Å². The third-order valence-electron chi connectivity index (χ3n) is 2.66. The van der Waals surface area contributed by atoms with Gasteiger partial charge in [0.05, 0.1) is 32.8 Å². The maximum absolute atomic E-state index is 11.1. The van der Waals surface area contributed by atoms with Crippen LogP contribution in [0.1, 0.15) is 18.4 Å². The summed E-state index contributed by atoms with van der Waals surface area (Å²) in [6.07, 6.45) is 0.0151. The van der Waals surface area contributed by atoms with Crippen molar-refractivity contribution in [2.75, 3.05) is 38.3 Å². The molecule has 1 aromatic rings. The van der Waals surface area contributed by atoms with E-state index in [2.05, 4.69) is 14.9 Å². The first-order valence-electron chi connectivity index (χ1n) is 5.69. The molecule has 1 fully saturated rings. The summed E-state index contributed by atoms with van der Waals surface area (Å²) in [7, 11) is 1.31. The van der Waals surface area contributed by atoms with E-state index < -0.39 is 12.0 Å². The lowest BCUT2D eigenvalue weighted by atomic mass is 10.2. The van der Waals surface area contributed by atoms with Crippen molar-refractivity contribution >= 4 is 11.9 Å². The van der Waals surface area contributed by atoms with Gasteiger partial charge in [0.15, 0.2) is 0 Å². The number of esters is 1. The summed E-state index contributed by atoms with van der Waals surface area (Å²) < 4.78 is 14.8. The average molecular weight is 256 g/mol. The van der Waals surface area contributed by atoms with Crippen LogP contribution in [-0.4, -0.2) is 49.5 Å². The molecule has 100 valence electrons. The quantitative estimate of drug-likeness (QED) is 0.717. The number of nitrogens with two attached hydrogens (primary N) is 1. The van der Waals surface area contributed by atoms with Gasteiger partial charge in [-0.25, -0.2) is 0 Å². The van der Waals surface area contributed by atoms with E-state index >= 15 is 0 Å². The number of hydrogen-bond acceptors (Lipinski definition) is 8. The zero-order valence-corrected chi connectivity index (χ0v) is 10.2. The predicted molar refractivity (Wildman–Crippen MR) is 60.9 cm³/mol. The Balaban J connectivity index is 1.98. The van der Waals surface area contributed by atoms with Crippen LogP contribution in [0.3, 0.4) is 0 Å². The van der Waals surface area contributed by atoms with E-state index in [9.17, 15) is 4.79 Å². The molecule has 0 spiro atoms. The predicted octanol–water partition coefficient (Wildman–Crippen LogP) is -0.531. The lowest BCUT2D eigenvalue weighted by Gasteiger charge is -2.24. The van der Waals surface area contributed by atoms with E-state index in [1.54, 1.807) is 0 Å². The van der Waals surface area contributed by atoms with Gasteiger partial charge in [0.1, 0.15) is 0 Å². The van der Waals surface area contributed by atoms with Gasteiger partial charge in [0.25, 0.3) is 5.95 Å². The maximum atomic E-state index is 11.1. The Bertz CT molecular complexity index is 402. The monoisotopic (exact) mass is 256 g/mol. The first-order valence-corrected chi connectivity index (χ1v) is 5.69. The molecule has 0 saturated carbocycles. The van der Waals surface area contributed by atoms with Gasteiger partial charge in [-0.3, -0.25) is 4.79 Å². The molecule has 1 saturated heterocycles. The molecule has 0 radical (unpaired) electrons. The molecule has 0 unspecified atom stereocenters. The highest BCUT2D eigenvalue weighted by atomic mass is 16.5. The third kappa shape index (κ3) is 2.96. The lowest BCUT2D eigenvalue weighted by Crippen LogP contribution is -2.36. The Kier molecular flexibility index (Phi) is 4.11. The summed E-state index contributed by atoms with van der Waals surface area (Å²) in [5.41, 5.74) is 5.77. The molecule has 2 rings (SSSR count). The Morgan fingerprint density at radius 3 is 2.94 bits per heavy atom. The molecule has 0 bridgehead atoms. The largest absolute Gasteiger partial charge is 0.469 e. The highest BCUT2D eigenvalue weighted by Crippen LogP contribution is 2.17. The molecule has 1 aromatic heterocycles. The van der Waals surface area contributed by atoms with Gasteiger partial charge < -0.3 is 24.6 Å². The topological polar surface area (TPSA) is 104 Å². The smallest absolute Gasteiger partial charge is 0.307 e. The molecule has 0 aliphatic carbocycles.